The molecule has 1 aromatic carbocycles. The number of nitrogens with zero attached hydrogens (tertiary/aromatic N) is 8. The van der Waals surface area contributed by atoms with E-state index in [1.807, 2.05) is 18.7 Å². The minimum absolute atomic E-state index is 0.0295. The van der Waals surface area contributed by atoms with Crippen LogP contribution in [0.5, 0.6) is 0 Å². The second-order valence-electron chi connectivity index (χ2n) is 10.8. The SMILES string of the molecule is C=CC(=O)N1CCN(c2nc(-c3cccnc3C(C)C)nc3c(=O)n(-c4cccc(C)c4C(F)(F)F)ncc23)CC1CC#N. The second-order valence-corrected chi connectivity index (χ2v) is 10.8. The number of carbonyl (C=O) groups is 1. The molecule has 0 saturated carbocycles. The third-order valence-corrected chi connectivity index (χ3v) is 7.58. The number of rotatable bonds is 6. The van der Waals surface area contributed by atoms with Gasteiger partial charge in [0.1, 0.15) is 11.3 Å². The Morgan fingerprint density at radius 3 is 2.66 bits per heavy atom. The summed E-state index contributed by atoms with van der Waals surface area (Å²) in [5.74, 6) is 0.145. The number of benzene rings is 1. The molecule has 4 heterocycles. The number of piperazine rings is 1. The molecule has 1 unspecified atom stereocenters. The number of fused-ring (bicyclic) bond motifs is 1. The number of halogens is 3. The van der Waals surface area contributed by atoms with Crippen LogP contribution >= 0.6 is 0 Å². The van der Waals surface area contributed by atoms with E-state index in [1.54, 1.807) is 23.2 Å². The predicted molar refractivity (Wildman–Crippen MR) is 158 cm³/mol. The van der Waals surface area contributed by atoms with Gasteiger partial charge < -0.3 is 9.80 Å². The van der Waals surface area contributed by atoms with Crippen LogP contribution in [0.15, 0.2) is 60.2 Å². The molecule has 1 saturated heterocycles. The number of hydrogen-bond donors (Lipinski definition) is 0. The Bertz CT molecular complexity index is 1860. The lowest BCUT2D eigenvalue weighted by Gasteiger charge is -2.41. The van der Waals surface area contributed by atoms with Crippen LogP contribution in [0.4, 0.5) is 19.0 Å². The van der Waals surface area contributed by atoms with Crippen LogP contribution in [0.3, 0.4) is 0 Å². The van der Waals surface area contributed by atoms with E-state index < -0.39 is 29.0 Å². The first-order valence-electron chi connectivity index (χ1n) is 13.9. The zero-order chi connectivity index (χ0) is 31.8. The summed E-state index contributed by atoms with van der Waals surface area (Å²) in [6.45, 7) is 9.54. The highest BCUT2D eigenvalue weighted by Crippen LogP contribution is 2.36. The van der Waals surface area contributed by atoms with Crippen LogP contribution in [-0.4, -0.2) is 61.2 Å². The summed E-state index contributed by atoms with van der Waals surface area (Å²) in [5, 5.41) is 13.9. The van der Waals surface area contributed by atoms with Gasteiger partial charge in [-0.15, -0.1) is 0 Å². The summed E-state index contributed by atoms with van der Waals surface area (Å²) in [4.78, 5) is 43.8. The number of amides is 1. The number of hydrogen-bond acceptors (Lipinski definition) is 8. The monoisotopic (exact) mass is 602 g/mol. The molecule has 0 bridgehead atoms. The highest BCUT2D eigenvalue weighted by atomic mass is 19.4. The number of nitriles is 1. The number of aromatic nitrogens is 5. The second kappa shape index (κ2) is 11.9. The van der Waals surface area contributed by atoms with Crippen molar-refractivity contribution in [3.05, 3.63) is 82.6 Å². The van der Waals surface area contributed by atoms with Gasteiger partial charge in [0.25, 0.3) is 5.56 Å². The van der Waals surface area contributed by atoms with Crippen molar-refractivity contribution in [2.75, 3.05) is 24.5 Å². The highest BCUT2D eigenvalue weighted by molar-refractivity contribution is 5.91. The smallest absolute Gasteiger partial charge is 0.352 e. The molecule has 226 valence electrons. The molecule has 0 N–H and O–H groups in total. The van der Waals surface area contributed by atoms with E-state index in [2.05, 4.69) is 27.7 Å². The van der Waals surface area contributed by atoms with Gasteiger partial charge in [0.15, 0.2) is 5.82 Å². The van der Waals surface area contributed by atoms with E-state index >= 15 is 0 Å². The molecular weight excluding hydrogens is 573 g/mol. The van der Waals surface area contributed by atoms with Crippen molar-refractivity contribution in [1.82, 2.24) is 29.6 Å². The molecular formula is C31H29F3N8O2. The molecule has 10 nitrogen and oxygen atoms in total. The maximum absolute atomic E-state index is 14.1. The number of aryl methyl sites for hydroxylation is 1. The van der Waals surface area contributed by atoms with Crippen LogP contribution in [0.25, 0.3) is 28.0 Å². The van der Waals surface area contributed by atoms with E-state index in [0.29, 0.717) is 28.3 Å². The third kappa shape index (κ3) is 5.50. The Morgan fingerprint density at radius 2 is 1.98 bits per heavy atom. The van der Waals surface area contributed by atoms with Crippen LogP contribution in [0, 0.1) is 18.3 Å². The molecule has 4 aromatic rings. The summed E-state index contributed by atoms with van der Waals surface area (Å²) in [6.07, 6.45) is -0.577. The third-order valence-electron chi connectivity index (χ3n) is 7.58. The van der Waals surface area contributed by atoms with Crippen LogP contribution in [-0.2, 0) is 11.0 Å². The van der Waals surface area contributed by atoms with E-state index in [9.17, 15) is 28.0 Å². The molecule has 1 aliphatic heterocycles. The Hall–Kier alpha value is -5.12. The van der Waals surface area contributed by atoms with Crippen molar-refractivity contribution in [2.45, 2.75) is 45.3 Å². The Morgan fingerprint density at radius 1 is 1.20 bits per heavy atom. The summed E-state index contributed by atoms with van der Waals surface area (Å²) < 4.78 is 43.1. The van der Waals surface area contributed by atoms with Crippen molar-refractivity contribution in [3.8, 4) is 23.1 Å². The van der Waals surface area contributed by atoms with Crippen molar-refractivity contribution in [3.63, 3.8) is 0 Å². The Labute approximate surface area is 251 Å². The largest absolute Gasteiger partial charge is 0.418 e. The van der Waals surface area contributed by atoms with Gasteiger partial charge in [0.2, 0.25) is 5.91 Å². The molecule has 0 spiro atoms. The first-order valence-corrected chi connectivity index (χ1v) is 13.9. The Balaban J connectivity index is 1.77. The topological polar surface area (TPSA) is 121 Å². The molecule has 13 heteroatoms. The average molecular weight is 603 g/mol. The maximum Gasteiger partial charge on any atom is 0.418 e. The van der Waals surface area contributed by atoms with E-state index in [-0.39, 0.29) is 53.6 Å². The summed E-state index contributed by atoms with van der Waals surface area (Å²) in [6, 6.07) is 9.05. The van der Waals surface area contributed by atoms with Crippen LogP contribution in [0.1, 0.15) is 43.0 Å². The van der Waals surface area contributed by atoms with Crippen molar-refractivity contribution in [1.29, 1.82) is 5.26 Å². The van der Waals surface area contributed by atoms with Gasteiger partial charge in [-0.25, -0.2) is 9.97 Å². The average Bonchev–Trinajstić information content (AvgIpc) is 3.00. The van der Waals surface area contributed by atoms with E-state index in [0.717, 1.165) is 0 Å². The zero-order valence-electron chi connectivity index (χ0n) is 24.3. The normalized spacial score (nSPS) is 15.5. The molecule has 0 aliphatic carbocycles. The van der Waals surface area contributed by atoms with Crippen molar-refractivity contribution >= 4 is 22.6 Å². The first kappa shape index (κ1) is 30.3. The number of anilines is 1. The summed E-state index contributed by atoms with van der Waals surface area (Å²) in [5.41, 5.74) is -1.19. The van der Waals surface area contributed by atoms with Gasteiger partial charge in [-0.2, -0.15) is 28.2 Å². The fraction of sp³-hybridized carbons (Fsp3) is 0.323. The molecule has 1 atom stereocenters. The highest BCUT2D eigenvalue weighted by Gasteiger charge is 2.37. The van der Waals surface area contributed by atoms with Gasteiger partial charge in [-0.1, -0.05) is 32.6 Å². The van der Waals surface area contributed by atoms with Crippen molar-refractivity contribution < 1.29 is 18.0 Å². The number of carbonyl (C=O) groups excluding carboxylic acids is 1. The quantitative estimate of drug-likeness (QED) is 0.289. The van der Waals surface area contributed by atoms with Crippen LogP contribution in [0.2, 0.25) is 0 Å². The van der Waals surface area contributed by atoms with Gasteiger partial charge in [0.05, 0.1) is 47.1 Å². The predicted octanol–water partition coefficient (Wildman–Crippen LogP) is 4.81. The molecule has 1 fully saturated rings. The van der Waals surface area contributed by atoms with Gasteiger partial charge in [-0.3, -0.25) is 14.6 Å². The fourth-order valence-corrected chi connectivity index (χ4v) is 5.54. The fourth-order valence-electron chi connectivity index (χ4n) is 5.54. The van der Waals surface area contributed by atoms with Gasteiger partial charge in [0, 0.05) is 31.4 Å². The molecule has 1 aliphatic rings. The summed E-state index contributed by atoms with van der Waals surface area (Å²) in [7, 11) is 0. The standard InChI is InChI=1S/C31H29F3N8O2/c1-5-24(43)41-15-14-40(17-20(41)11-12-35)29-22-16-37-42(23-10-6-8-19(4)25(23)31(32,33)34)30(44)27(22)38-28(39-29)21-9-7-13-36-26(21)18(2)3/h5-10,13,16,18,20H,1,11,14-15,17H2,2-4H3. The lowest BCUT2D eigenvalue weighted by Crippen LogP contribution is -2.55. The van der Waals surface area contributed by atoms with Crippen molar-refractivity contribution in [2.24, 2.45) is 0 Å². The van der Waals surface area contributed by atoms with Gasteiger partial charge >= 0.3 is 6.18 Å². The molecule has 0 radical (unpaired) electrons. The van der Waals surface area contributed by atoms with Gasteiger partial charge in [-0.05, 0) is 42.7 Å². The van der Waals surface area contributed by atoms with E-state index in [1.165, 1.54) is 37.4 Å². The lowest BCUT2D eigenvalue weighted by molar-refractivity contribution is -0.138. The number of pyridine rings is 1. The molecule has 44 heavy (non-hydrogen) atoms. The molecule has 1 amide bonds. The summed E-state index contributed by atoms with van der Waals surface area (Å²) >= 11 is 0. The zero-order valence-corrected chi connectivity index (χ0v) is 24.3. The Kier molecular flexibility index (Phi) is 8.19. The van der Waals surface area contributed by atoms with E-state index in [4.69, 9.17) is 4.98 Å². The first-order chi connectivity index (χ1) is 21.0. The minimum atomic E-state index is -4.74. The molecule has 5 rings (SSSR count). The minimum Gasteiger partial charge on any atom is -0.352 e. The van der Waals surface area contributed by atoms with Crippen LogP contribution < -0.4 is 10.5 Å². The maximum atomic E-state index is 14.1. The number of alkyl halides is 3. The lowest BCUT2D eigenvalue weighted by atomic mass is 10.0. The molecule has 3 aromatic heterocycles.